The number of anilines is 1. The van der Waals surface area contributed by atoms with Gasteiger partial charge in [0.1, 0.15) is 29.8 Å². The fourth-order valence-corrected chi connectivity index (χ4v) is 2.46. The minimum atomic E-state index is -0.583. The molecule has 1 N–H and O–H groups in total. The summed E-state index contributed by atoms with van der Waals surface area (Å²) in [6.07, 6.45) is 0. The summed E-state index contributed by atoms with van der Waals surface area (Å²) < 4.78 is 37.6. The van der Waals surface area contributed by atoms with Crippen molar-refractivity contribution in [2.24, 2.45) is 0 Å². The van der Waals surface area contributed by atoms with E-state index >= 15 is 0 Å². The van der Waals surface area contributed by atoms with E-state index in [1.807, 2.05) is 0 Å². The molecule has 0 saturated heterocycles. The molecular weight excluding hydrogens is 364 g/mol. The standard InChI is InChI=1S/C19H14ClF2NO3/c1-11-2-5-15(22)16(8-11)23-19(24)18-7-4-13(26-18)10-25-17-6-3-12(21)9-14(17)20/h2-9H,10H2,1H3,(H,23,24). The van der Waals surface area contributed by atoms with Crippen LogP contribution < -0.4 is 10.1 Å². The third-order valence-corrected chi connectivity index (χ3v) is 3.81. The Morgan fingerprint density at radius 3 is 2.73 bits per heavy atom. The highest BCUT2D eigenvalue weighted by molar-refractivity contribution is 6.32. The molecule has 0 fully saturated rings. The average molecular weight is 378 g/mol. The van der Waals surface area contributed by atoms with Gasteiger partial charge in [-0.15, -0.1) is 0 Å². The molecule has 0 radical (unpaired) electrons. The van der Waals surface area contributed by atoms with E-state index in [-0.39, 0.29) is 28.8 Å². The zero-order valence-corrected chi connectivity index (χ0v) is 14.4. The maximum absolute atomic E-state index is 13.7. The summed E-state index contributed by atoms with van der Waals surface area (Å²) in [7, 11) is 0. The maximum Gasteiger partial charge on any atom is 0.291 e. The summed E-state index contributed by atoms with van der Waals surface area (Å²) in [5.74, 6) is -0.930. The Morgan fingerprint density at radius 1 is 1.15 bits per heavy atom. The molecule has 26 heavy (non-hydrogen) atoms. The zero-order valence-electron chi connectivity index (χ0n) is 13.7. The van der Waals surface area contributed by atoms with Crippen LogP contribution in [0.5, 0.6) is 5.75 Å². The Bertz CT molecular complexity index is 956. The van der Waals surface area contributed by atoms with Crippen molar-refractivity contribution in [1.82, 2.24) is 0 Å². The van der Waals surface area contributed by atoms with Crippen molar-refractivity contribution >= 4 is 23.2 Å². The van der Waals surface area contributed by atoms with Gasteiger partial charge in [0.15, 0.2) is 5.76 Å². The third kappa shape index (κ3) is 4.21. The number of benzene rings is 2. The minimum Gasteiger partial charge on any atom is -0.484 e. The van der Waals surface area contributed by atoms with Crippen molar-refractivity contribution < 1.29 is 22.7 Å². The second kappa shape index (κ2) is 7.58. The van der Waals surface area contributed by atoms with Crippen LogP contribution >= 0.6 is 11.6 Å². The second-order valence-electron chi connectivity index (χ2n) is 5.57. The molecule has 1 amide bonds. The van der Waals surface area contributed by atoms with Crippen molar-refractivity contribution in [3.05, 3.63) is 82.3 Å². The van der Waals surface area contributed by atoms with Crippen LogP contribution in [0, 0.1) is 18.6 Å². The van der Waals surface area contributed by atoms with E-state index in [4.69, 9.17) is 20.8 Å². The molecule has 134 valence electrons. The second-order valence-corrected chi connectivity index (χ2v) is 5.97. The number of hydrogen-bond acceptors (Lipinski definition) is 3. The SMILES string of the molecule is Cc1ccc(F)c(NC(=O)c2ccc(COc3ccc(F)cc3Cl)o2)c1. The first-order valence-electron chi connectivity index (χ1n) is 7.66. The Kier molecular flexibility index (Phi) is 5.23. The molecule has 0 saturated carbocycles. The molecule has 0 aliphatic heterocycles. The molecule has 3 aromatic rings. The lowest BCUT2D eigenvalue weighted by molar-refractivity contribution is 0.0992. The highest BCUT2D eigenvalue weighted by atomic mass is 35.5. The first kappa shape index (κ1) is 17.9. The fraction of sp³-hybridized carbons (Fsp3) is 0.105. The van der Waals surface area contributed by atoms with Gasteiger partial charge in [-0.2, -0.15) is 0 Å². The van der Waals surface area contributed by atoms with Gasteiger partial charge < -0.3 is 14.5 Å². The highest BCUT2D eigenvalue weighted by Crippen LogP contribution is 2.26. The fourth-order valence-electron chi connectivity index (χ4n) is 2.24. The van der Waals surface area contributed by atoms with Gasteiger partial charge in [-0.05, 0) is 55.0 Å². The molecular formula is C19H14ClF2NO3. The number of amides is 1. The number of carbonyl (C=O) groups is 1. The minimum absolute atomic E-state index is 0.00254. The average Bonchev–Trinajstić information content (AvgIpc) is 3.06. The highest BCUT2D eigenvalue weighted by Gasteiger charge is 2.14. The number of nitrogens with one attached hydrogen (secondary N) is 1. The quantitative estimate of drug-likeness (QED) is 0.652. The van der Waals surface area contributed by atoms with Crippen LogP contribution in [0.25, 0.3) is 0 Å². The van der Waals surface area contributed by atoms with Crippen LogP contribution in [0.4, 0.5) is 14.5 Å². The van der Waals surface area contributed by atoms with Gasteiger partial charge in [-0.3, -0.25) is 4.79 Å². The van der Waals surface area contributed by atoms with Gasteiger partial charge in [0.25, 0.3) is 5.91 Å². The molecule has 0 atom stereocenters. The Balaban J connectivity index is 1.65. The molecule has 0 unspecified atom stereocenters. The summed E-state index contributed by atoms with van der Waals surface area (Å²) in [6.45, 7) is 1.79. The molecule has 7 heteroatoms. The van der Waals surface area contributed by atoms with Crippen LogP contribution in [-0.4, -0.2) is 5.91 Å². The Hall–Kier alpha value is -2.86. The van der Waals surface area contributed by atoms with Crippen molar-refractivity contribution in [1.29, 1.82) is 0 Å². The number of carbonyl (C=O) groups excluding carboxylic acids is 1. The molecule has 0 aliphatic rings. The van der Waals surface area contributed by atoms with E-state index in [0.717, 1.165) is 11.6 Å². The molecule has 2 aromatic carbocycles. The topological polar surface area (TPSA) is 51.5 Å². The van der Waals surface area contributed by atoms with Gasteiger partial charge in [0.05, 0.1) is 10.7 Å². The molecule has 0 spiro atoms. The summed E-state index contributed by atoms with van der Waals surface area (Å²) >= 11 is 5.87. The van der Waals surface area contributed by atoms with E-state index in [1.54, 1.807) is 19.1 Å². The van der Waals surface area contributed by atoms with Crippen molar-refractivity contribution in [3.8, 4) is 5.75 Å². The van der Waals surface area contributed by atoms with E-state index in [1.165, 1.54) is 30.3 Å². The van der Waals surface area contributed by atoms with Gasteiger partial charge in [-0.25, -0.2) is 8.78 Å². The van der Waals surface area contributed by atoms with Gasteiger partial charge >= 0.3 is 0 Å². The predicted molar refractivity (Wildman–Crippen MR) is 93.5 cm³/mol. The largest absolute Gasteiger partial charge is 0.484 e. The number of ether oxygens (including phenoxy) is 1. The molecule has 0 aliphatic carbocycles. The lowest BCUT2D eigenvalue weighted by Gasteiger charge is -2.07. The van der Waals surface area contributed by atoms with Crippen molar-refractivity contribution in [2.75, 3.05) is 5.32 Å². The van der Waals surface area contributed by atoms with Crippen LogP contribution in [0.3, 0.4) is 0 Å². The van der Waals surface area contributed by atoms with Crippen molar-refractivity contribution in [3.63, 3.8) is 0 Å². The monoisotopic (exact) mass is 377 g/mol. The van der Waals surface area contributed by atoms with Crippen LogP contribution in [0.15, 0.2) is 52.9 Å². The molecule has 3 rings (SSSR count). The van der Waals surface area contributed by atoms with Gasteiger partial charge in [0, 0.05) is 0 Å². The van der Waals surface area contributed by atoms with Gasteiger partial charge in [0.2, 0.25) is 0 Å². The molecule has 4 nitrogen and oxygen atoms in total. The van der Waals surface area contributed by atoms with Crippen molar-refractivity contribution in [2.45, 2.75) is 13.5 Å². The van der Waals surface area contributed by atoms with E-state index in [9.17, 15) is 13.6 Å². The summed E-state index contributed by atoms with van der Waals surface area (Å²) in [5.41, 5.74) is 0.883. The van der Waals surface area contributed by atoms with E-state index in [0.29, 0.717) is 5.76 Å². The van der Waals surface area contributed by atoms with Crippen LogP contribution in [0.2, 0.25) is 5.02 Å². The summed E-state index contributed by atoms with van der Waals surface area (Å²) in [6, 6.07) is 11.2. The predicted octanol–water partition coefficient (Wildman–Crippen LogP) is 5.35. The first-order chi connectivity index (χ1) is 12.4. The zero-order chi connectivity index (χ0) is 18.7. The van der Waals surface area contributed by atoms with E-state index < -0.39 is 17.5 Å². The third-order valence-electron chi connectivity index (χ3n) is 3.52. The first-order valence-corrected chi connectivity index (χ1v) is 8.04. The van der Waals surface area contributed by atoms with Gasteiger partial charge in [-0.1, -0.05) is 17.7 Å². The van der Waals surface area contributed by atoms with Crippen LogP contribution in [0.1, 0.15) is 21.9 Å². The maximum atomic E-state index is 13.7. The normalized spacial score (nSPS) is 10.6. The Morgan fingerprint density at radius 2 is 1.96 bits per heavy atom. The molecule has 0 bridgehead atoms. The molecule has 1 heterocycles. The molecule has 1 aromatic heterocycles. The Labute approximate surface area is 153 Å². The number of furan rings is 1. The van der Waals surface area contributed by atoms with Crippen LogP contribution in [-0.2, 0) is 6.61 Å². The number of halogens is 3. The summed E-state index contributed by atoms with van der Waals surface area (Å²) in [4.78, 5) is 12.2. The van der Waals surface area contributed by atoms with E-state index in [2.05, 4.69) is 5.32 Å². The number of hydrogen-bond donors (Lipinski definition) is 1. The lowest BCUT2D eigenvalue weighted by atomic mass is 10.2. The summed E-state index contributed by atoms with van der Waals surface area (Å²) in [5, 5.41) is 2.59. The lowest BCUT2D eigenvalue weighted by Crippen LogP contribution is -2.12. The number of rotatable bonds is 5. The number of aryl methyl sites for hydroxylation is 1. The smallest absolute Gasteiger partial charge is 0.291 e.